The molecule has 1 aromatic heterocycles. The lowest BCUT2D eigenvalue weighted by atomic mass is 10.4. The third-order valence-corrected chi connectivity index (χ3v) is 1.97. The number of aromatic nitrogens is 2. The lowest BCUT2D eigenvalue weighted by Gasteiger charge is -2.07. The molecule has 0 aliphatic rings. The van der Waals surface area contributed by atoms with E-state index in [1.165, 1.54) is 10.6 Å². The van der Waals surface area contributed by atoms with Crippen molar-refractivity contribution in [3.8, 4) is 0 Å². The van der Waals surface area contributed by atoms with Crippen molar-refractivity contribution in [1.29, 1.82) is 0 Å². The molecule has 5 heteroatoms. The zero-order valence-electron chi connectivity index (χ0n) is 8.37. The first-order valence-corrected chi connectivity index (χ1v) is 4.45. The molecule has 1 heterocycles. The quantitative estimate of drug-likeness (QED) is 0.686. The fourth-order valence-corrected chi connectivity index (χ4v) is 1.28. The topological polar surface area (TPSA) is 64.1 Å². The van der Waals surface area contributed by atoms with Crippen LogP contribution in [0.3, 0.4) is 0 Å². The summed E-state index contributed by atoms with van der Waals surface area (Å²) < 4.78 is 6.41. The number of ether oxygens (including phenoxy) is 1. The van der Waals surface area contributed by atoms with E-state index >= 15 is 0 Å². The second-order valence-electron chi connectivity index (χ2n) is 3.08. The molecule has 0 aliphatic carbocycles. The highest BCUT2D eigenvalue weighted by atomic mass is 16.5. The van der Waals surface area contributed by atoms with Crippen molar-refractivity contribution in [2.45, 2.75) is 19.9 Å². The van der Waals surface area contributed by atoms with Gasteiger partial charge in [-0.2, -0.15) is 0 Å². The molecule has 0 bridgehead atoms. The maximum atomic E-state index is 11.3. The monoisotopic (exact) mass is 198 g/mol. The molecular weight excluding hydrogens is 184 g/mol. The highest BCUT2D eigenvalue weighted by molar-refractivity contribution is 4.98. The predicted molar refractivity (Wildman–Crippen MR) is 52.6 cm³/mol. The summed E-state index contributed by atoms with van der Waals surface area (Å²) in [5.74, 6) is 0. The van der Waals surface area contributed by atoms with Crippen molar-refractivity contribution >= 4 is 0 Å². The van der Waals surface area contributed by atoms with Crippen LogP contribution in [0, 0.1) is 6.92 Å². The molecular formula is C9H14N2O3. The zero-order chi connectivity index (χ0) is 10.6. The smallest absolute Gasteiger partial charge is 0.328 e. The van der Waals surface area contributed by atoms with Crippen molar-refractivity contribution in [1.82, 2.24) is 9.55 Å². The number of methoxy groups -OCH3 is 1. The van der Waals surface area contributed by atoms with Crippen molar-refractivity contribution in [2.75, 3.05) is 13.7 Å². The fraction of sp³-hybridized carbons (Fsp3) is 0.556. The molecule has 0 fully saturated rings. The van der Waals surface area contributed by atoms with Gasteiger partial charge in [0.15, 0.2) is 0 Å². The summed E-state index contributed by atoms with van der Waals surface area (Å²) in [6.07, 6.45) is 0.753. The summed E-state index contributed by atoms with van der Waals surface area (Å²) in [6.45, 7) is 2.91. The zero-order valence-corrected chi connectivity index (χ0v) is 8.37. The Morgan fingerprint density at radius 1 is 1.50 bits per heavy atom. The van der Waals surface area contributed by atoms with Crippen LogP contribution >= 0.6 is 0 Å². The number of nitrogens with one attached hydrogen (secondary N) is 1. The van der Waals surface area contributed by atoms with Crippen LogP contribution in [-0.4, -0.2) is 23.3 Å². The molecule has 1 aromatic rings. The minimum absolute atomic E-state index is 0.351. The molecule has 0 unspecified atom stereocenters. The third kappa shape index (κ3) is 2.56. The highest BCUT2D eigenvalue weighted by Gasteiger charge is 2.00. The highest BCUT2D eigenvalue weighted by Crippen LogP contribution is 1.91. The maximum absolute atomic E-state index is 11.3. The summed E-state index contributed by atoms with van der Waals surface area (Å²) in [4.78, 5) is 24.4. The maximum Gasteiger partial charge on any atom is 0.328 e. The van der Waals surface area contributed by atoms with Gasteiger partial charge in [-0.15, -0.1) is 0 Å². The first-order valence-electron chi connectivity index (χ1n) is 4.45. The lowest BCUT2D eigenvalue weighted by molar-refractivity contribution is 0.189. The minimum atomic E-state index is -0.355. The molecule has 0 atom stereocenters. The van der Waals surface area contributed by atoms with E-state index < -0.39 is 0 Å². The Hall–Kier alpha value is -1.36. The lowest BCUT2D eigenvalue weighted by Crippen LogP contribution is -2.31. The Bertz CT molecular complexity index is 405. The van der Waals surface area contributed by atoms with Gasteiger partial charge >= 0.3 is 5.69 Å². The van der Waals surface area contributed by atoms with E-state index in [-0.39, 0.29) is 11.2 Å². The molecule has 0 aliphatic heterocycles. The summed E-state index contributed by atoms with van der Waals surface area (Å²) in [5, 5.41) is 0. The van der Waals surface area contributed by atoms with Gasteiger partial charge in [0.1, 0.15) is 0 Å². The van der Waals surface area contributed by atoms with Crippen LogP contribution in [0.4, 0.5) is 0 Å². The third-order valence-electron chi connectivity index (χ3n) is 1.97. The van der Waals surface area contributed by atoms with Crippen LogP contribution < -0.4 is 11.2 Å². The van der Waals surface area contributed by atoms with E-state index in [1.807, 2.05) is 0 Å². The van der Waals surface area contributed by atoms with Gasteiger partial charge in [-0.1, -0.05) is 0 Å². The second-order valence-corrected chi connectivity index (χ2v) is 3.08. The van der Waals surface area contributed by atoms with E-state index in [0.717, 1.165) is 6.42 Å². The SMILES string of the molecule is COCCCn1c(C)cc(=O)[nH]c1=O. The molecule has 0 radical (unpaired) electrons. The van der Waals surface area contributed by atoms with Gasteiger partial charge in [0.2, 0.25) is 0 Å². The van der Waals surface area contributed by atoms with Crippen molar-refractivity contribution in [3.63, 3.8) is 0 Å². The summed E-state index contributed by atoms with van der Waals surface area (Å²) >= 11 is 0. The van der Waals surface area contributed by atoms with Crippen LogP contribution in [0.2, 0.25) is 0 Å². The number of aryl methyl sites for hydroxylation is 1. The van der Waals surface area contributed by atoms with Gasteiger partial charge in [-0.05, 0) is 13.3 Å². The Morgan fingerprint density at radius 3 is 2.79 bits per heavy atom. The number of rotatable bonds is 4. The molecule has 0 saturated carbocycles. The Kier molecular flexibility index (Phi) is 3.64. The van der Waals surface area contributed by atoms with E-state index in [1.54, 1.807) is 14.0 Å². The number of hydrogen-bond donors (Lipinski definition) is 1. The Labute approximate surface area is 81.3 Å². The van der Waals surface area contributed by atoms with Gasteiger partial charge in [-0.3, -0.25) is 14.3 Å². The first kappa shape index (κ1) is 10.7. The van der Waals surface area contributed by atoms with E-state index in [2.05, 4.69) is 4.98 Å². The van der Waals surface area contributed by atoms with Crippen LogP contribution in [-0.2, 0) is 11.3 Å². The van der Waals surface area contributed by atoms with E-state index in [9.17, 15) is 9.59 Å². The first-order chi connectivity index (χ1) is 6.65. The predicted octanol–water partition coefficient (Wildman–Crippen LogP) is -0.118. The molecule has 78 valence electrons. The molecule has 0 aromatic carbocycles. The molecule has 0 saturated heterocycles. The summed E-state index contributed by atoms with van der Waals surface area (Å²) in [5.41, 5.74) is -0.0311. The number of hydrogen-bond acceptors (Lipinski definition) is 3. The number of nitrogens with zero attached hydrogens (tertiary/aromatic N) is 1. The van der Waals surface area contributed by atoms with Gasteiger partial charge in [-0.25, -0.2) is 4.79 Å². The molecule has 0 spiro atoms. The van der Waals surface area contributed by atoms with Crippen molar-refractivity contribution in [2.24, 2.45) is 0 Å². The summed E-state index contributed by atoms with van der Waals surface area (Å²) in [7, 11) is 1.61. The van der Waals surface area contributed by atoms with Crippen LogP contribution in [0.5, 0.6) is 0 Å². The van der Waals surface area contributed by atoms with Gasteiger partial charge < -0.3 is 4.74 Å². The molecule has 1 rings (SSSR count). The molecule has 1 N–H and O–H groups in total. The fourth-order valence-electron chi connectivity index (χ4n) is 1.28. The van der Waals surface area contributed by atoms with Gasteiger partial charge in [0, 0.05) is 32.0 Å². The second kappa shape index (κ2) is 4.76. The normalized spacial score (nSPS) is 10.4. The Morgan fingerprint density at radius 2 is 2.21 bits per heavy atom. The van der Waals surface area contributed by atoms with Crippen molar-refractivity contribution in [3.05, 3.63) is 32.6 Å². The molecule has 0 amide bonds. The Balaban J connectivity index is 2.86. The van der Waals surface area contributed by atoms with Crippen LogP contribution in [0.1, 0.15) is 12.1 Å². The van der Waals surface area contributed by atoms with Crippen molar-refractivity contribution < 1.29 is 4.74 Å². The number of aromatic amines is 1. The van der Waals surface area contributed by atoms with E-state index in [0.29, 0.717) is 18.8 Å². The molecule has 14 heavy (non-hydrogen) atoms. The van der Waals surface area contributed by atoms with Crippen LogP contribution in [0.25, 0.3) is 0 Å². The largest absolute Gasteiger partial charge is 0.385 e. The van der Waals surface area contributed by atoms with Gasteiger partial charge in [0.05, 0.1) is 0 Å². The van der Waals surface area contributed by atoms with Crippen LogP contribution in [0.15, 0.2) is 15.7 Å². The molecule has 5 nitrogen and oxygen atoms in total. The average molecular weight is 198 g/mol. The number of H-pyrrole nitrogens is 1. The van der Waals surface area contributed by atoms with E-state index in [4.69, 9.17) is 4.74 Å². The average Bonchev–Trinajstić information content (AvgIpc) is 2.09. The summed E-state index contributed by atoms with van der Waals surface area (Å²) in [6, 6.07) is 1.41. The minimum Gasteiger partial charge on any atom is -0.385 e. The van der Waals surface area contributed by atoms with Gasteiger partial charge in [0.25, 0.3) is 5.56 Å². The standard InChI is InChI=1S/C9H14N2O3/c1-7-6-8(12)10-9(13)11(7)4-3-5-14-2/h6H,3-5H2,1-2H3,(H,10,12,13).